The summed E-state index contributed by atoms with van der Waals surface area (Å²) in [5, 5.41) is 3.80. The van der Waals surface area contributed by atoms with Gasteiger partial charge in [0.25, 0.3) is 5.91 Å². The molecule has 0 N–H and O–H groups in total. The van der Waals surface area contributed by atoms with Crippen LogP contribution in [0, 0.1) is 0 Å². The maximum atomic E-state index is 12.4. The highest BCUT2D eigenvalue weighted by Gasteiger charge is 2.16. The first kappa shape index (κ1) is 20.6. The first-order valence-corrected chi connectivity index (χ1v) is 10.6. The maximum Gasteiger partial charge on any atom is 0.273 e. The summed E-state index contributed by atoms with van der Waals surface area (Å²) in [6.45, 7) is 5.63. The van der Waals surface area contributed by atoms with Gasteiger partial charge in [-0.15, -0.1) is 11.3 Å². The van der Waals surface area contributed by atoms with Gasteiger partial charge in [0.2, 0.25) is 0 Å². The van der Waals surface area contributed by atoms with Crippen LogP contribution in [0.3, 0.4) is 0 Å². The topological polar surface area (TPSA) is 42.4 Å². The number of hydrogen-bond donors (Lipinski definition) is 0. The van der Waals surface area contributed by atoms with Crippen LogP contribution in [0.1, 0.15) is 29.9 Å². The number of carbonyl (C=O) groups is 1. The molecule has 0 bridgehead atoms. The largest absolute Gasteiger partial charge is 0.489 e. The van der Waals surface area contributed by atoms with E-state index in [1.54, 1.807) is 17.0 Å². The molecule has 0 aliphatic rings. The van der Waals surface area contributed by atoms with Crippen molar-refractivity contribution >= 4 is 40.4 Å². The van der Waals surface area contributed by atoms with E-state index in [1.165, 1.54) is 11.3 Å². The minimum Gasteiger partial charge on any atom is -0.489 e. The molecule has 0 radical (unpaired) electrons. The maximum absolute atomic E-state index is 12.4. The molecule has 3 rings (SSSR count). The molecule has 2 aromatic carbocycles. The van der Waals surface area contributed by atoms with Gasteiger partial charge < -0.3 is 9.64 Å². The van der Waals surface area contributed by atoms with Crippen LogP contribution in [0.15, 0.2) is 47.8 Å². The quantitative estimate of drug-likeness (QED) is 0.445. The average Bonchev–Trinajstić information content (AvgIpc) is 3.19. The number of rotatable bonds is 7. The van der Waals surface area contributed by atoms with Crippen molar-refractivity contribution in [1.82, 2.24) is 9.88 Å². The lowest BCUT2D eigenvalue weighted by Gasteiger charge is -2.16. The van der Waals surface area contributed by atoms with Gasteiger partial charge in [-0.05, 0) is 50.2 Å². The Morgan fingerprint density at radius 3 is 2.46 bits per heavy atom. The zero-order valence-electron chi connectivity index (χ0n) is 15.6. The molecule has 0 unspecified atom stereocenters. The third kappa shape index (κ3) is 4.85. The molecular formula is C21H20Cl2N2O2S. The summed E-state index contributed by atoms with van der Waals surface area (Å²) in [6.07, 6.45) is 0. The second-order valence-electron chi connectivity index (χ2n) is 6.06. The van der Waals surface area contributed by atoms with E-state index < -0.39 is 0 Å². The Bertz CT molecular complexity index is 953. The Morgan fingerprint density at radius 2 is 1.82 bits per heavy atom. The number of nitrogens with zero attached hydrogens (tertiary/aromatic N) is 2. The molecule has 1 amide bonds. The highest BCUT2D eigenvalue weighted by atomic mass is 35.5. The standard InChI is InChI=1S/C21H20Cl2N2O2S/c1-3-25(4-2)21(26)19-13-28-20(24-19)14-6-9-17(10-7-14)27-12-15-5-8-16(22)11-18(15)23/h5-11,13H,3-4,12H2,1-2H3. The summed E-state index contributed by atoms with van der Waals surface area (Å²) in [5.74, 6) is 0.693. The summed E-state index contributed by atoms with van der Waals surface area (Å²) in [7, 11) is 0. The van der Waals surface area contributed by atoms with Crippen molar-refractivity contribution in [2.45, 2.75) is 20.5 Å². The number of aromatic nitrogens is 1. The number of benzene rings is 2. The molecule has 0 fully saturated rings. The summed E-state index contributed by atoms with van der Waals surface area (Å²) in [6, 6.07) is 13.0. The Kier molecular flexibility index (Phi) is 6.94. The van der Waals surface area contributed by atoms with Gasteiger partial charge in [-0.2, -0.15) is 0 Å². The summed E-state index contributed by atoms with van der Waals surface area (Å²) in [5.41, 5.74) is 2.30. The van der Waals surface area contributed by atoms with Crippen LogP contribution >= 0.6 is 34.5 Å². The van der Waals surface area contributed by atoms with Crippen molar-refractivity contribution < 1.29 is 9.53 Å². The van der Waals surface area contributed by atoms with E-state index in [0.29, 0.717) is 35.4 Å². The van der Waals surface area contributed by atoms with Crippen LogP contribution in [0.5, 0.6) is 5.75 Å². The molecule has 0 saturated carbocycles. The van der Waals surface area contributed by atoms with Crippen LogP contribution in [-0.4, -0.2) is 28.9 Å². The molecular weight excluding hydrogens is 415 g/mol. The molecule has 1 aromatic heterocycles. The van der Waals surface area contributed by atoms with E-state index in [4.69, 9.17) is 27.9 Å². The molecule has 28 heavy (non-hydrogen) atoms. The summed E-state index contributed by atoms with van der Waals surface area (Å²) in [4.78, 5) is 18.7. The number of halogens is 2. The molecule has 1 heterocycles. The Labute approximate surface area is 178 Å². The molecule has 146 valence electrons. The minimum atomic E-state index is -0.0349. The lowest BCUT2D eigenvalue weighted by atomic mass is 10.2. The van der Waals surface area contributed by atoms with Crippen LogP contribution in [0.2, 0.25) is 10.0 Å². The number of thiazole rings is 1. The molecule has 3 aromatic rings. The normalized spacial score (nSPS) is 10.7. The van der Waals surface area contributed by atoms with Crippen molar-refractivity contribution in [2.24, 2.45) is 0 Å². The van der Waals surface area contributed by atoms with Crippen LogP contribution in [0.25, 0.3) is 10.6 Å². The SMILES string of the molecule is CCN(CC)C(=O)c1csc(-c2ccc(OCc3ccc(Cl)cc3Cl)cc2)n1. The van der Waals surface area contributed by atoms with Gasteiger partial charge >= 0.3 is 0 Å². The van der Waals surface area contributed by atoms with Gasteiger partial charge in [-0.25, -0.2) is 4.98 Å². The Morgan fingerprint density at radius 1 is 1.11 bits per heavy atom. The minimum absolute atomic E-state index is 0.0349. The van der Waals surface area contributed by atoms with Crippen molar-refractivity contribution in [3.05, 3.63) is 69.1 Å². The van der Waals surface area contributed by atoms with Crippen molar-refractivity contribution in [3.8, 4) is 16.3 Å². The predicted molar refractivity (Wildman–Crippen MR) is 116 cm³/mol. The van der Waals surface area contributed by atoms with E-state index >= 15 is 0 Å². The first-order chi connectivity index (χ1) is 13.5. The third-order valence-electron chi connectivity index (χ3n) is 4.28. The van der Waals surface area contributed by atoms with E-state index in [2.05, 4.69) is 4.98 Å². The zero-order chi connectivity index (χ0) is 20.1. The van der Waals surface area contributed by atoms with Gasteiger partial charge in [-0.1, -0.05) is 29.3 Å². The van der Waals surface area contributed by atoms with E-state index in [9.17, 15) is 4.79 Å². The zero-order valence-corrected chi connectivity index (χ0v) is 17.9. The van der Waals surface area contributed by atoms with E-state index in [1.807, 2.05) is 49.6 Å². The third-order valence-corrected chi connectivity index (χ3v) is 5.76. The number of hydrogen-bond acceptors (Lipinski definition) is 4. The molecule has 0 atom stereocenters. The van der Waals surface area contributed by atoms with E-state index in [0.717, 1.165) is 21.9 Å². The molecule has 0 aliphatic heterocycles. The smallest absolute Gasteiger partial charge is 0.273 e. The Balaban J connectivity index is 1.67. The van der Waals surface area contributed by atoms with Crippen molar-refractivity contribution in [1.29, 1.82) is 0 Å². The van der Waals surface area contributed by atoms with Gasteiger partial charge in [0, 0.05) is 39.6 Å². The fraction of sp³-hybridized carbons (Fsp3) is 0.238. The number of ether oxygens (including phenoxy) is 1. The molecule has 4 nitrogen and oxygen atoms in total. The van der Waals surface area contributed by atoms with Gasteiger partial charge in [-0.3, -0.25) is 4.79 Å². The molecule has 0 saturated heterocycles. The fourth-order valence-corrected chi connectivity index (χ4v) is 3.93. The number of carbonyl (C=O) groups excluding carboxylic acids is 1. The van der Waals surface area contributed by atoms with Crippen molar-refractivity contribution in [3.63, 3.8) is 0 Å². The lowest BCUT2D eigenvalue weighted by molar-refractivity contribution is 0.0768. The first-order valence-electron chi connectivity index (χ1n) is 8.93. The van der Waals surface area contributed by atoms with Gasteiger partial charge in [0.15, 0.2) is 0 Å². The summed E-state index contributed by atoms with van der Waals surface area (Å²) < 4.78 is 5.80. The van der Waals surface area contributed by atoms with Gasteiger partial charge in [0.05, 0.1) is 0 Å². The van der Waals surface area contributed by atoms with Gasteiger partial charge in [0.1, 0.15) is 23.1 Å². The predicted octanol–water partition coefficient (Wildman–Crippen LogP) is 6.18. The van der Waals surface area contributed by atoms with Crippen LogP contribution < -0.4 is 4.74 Å². The second-order valence-corrected chi connectivity index (χ2v) is 7.77. The highest BCUT2D eigenvalue weighted by molar-refractivity contribution is 7.13. The molecule has 0 spiro atoms. The van der Waals surface area contributed by atoms with Crippen LogP contribution in [0.4, 0.5) is 0 Å². The van der Waals surface area contributed by atoms with Crippen LogP contribution in [-0.2, 0) is 6.61 Å². The monoisotopic (exact) mass is 434 g/mol. The second kappa shape index (κ2) is 9.41. The van der Waals surface area contributed by atoms with Crippen molar-refractivity contribution in [2.75, 3.05) is 13.1 Å². The highest BCUT2D eigenvalue weighted by Crippen LogP contribution is 2.27. The lowest BCUT2D eigenvalue weighted by Crippen LogP contribution is -2.30. The summed E-state index contributed by atoms with van der Waals surface area (Å²) >= 11 is 13.5. The molecule has 7 heteroatoms. The van der Waals surface area contributed by atoms with E-state index in [-0.39, 0.29) is 5.91 Å². The fourth-order valence-electron chi connectivity index (χ4n) is 2.67. The molecule has 0 aliphatic carbocycles. The Hall–Kier alpha value is -2.08. The number of amides is 1. The average molecular weight is 435 g/mol.